The number of aryl methyl sites for hydroxylation is 1. The minimum atomic E-state index is -0.483. The number of ether oxygens (including phenoxy) is 1. The summed E-state index contributed by atoms with van der Waals surface area (Å²) in [4.78, 5) is 17.7. The van der Waals surface area contributed by atoms with Crippen LogP contribution in [0.3, 0.4) is 0 Å². The fraction of sp³-hybridized carbons (Fsp3) is 0.217. The van der Waals surface area contributed by atoms with Crippen LogP contribution in [0.25, 0.3) is 11.3 Å². The minimum Gasteiger partial charge on any atom is -0.497 e. The first-order chi connectivity index (χ1) is 13.5. The molecule has 4 nitrogen and oxygen atoms in total. The number of hydrogen-bond donors (Lipinski definition) is 1. The molecule has 1 aliphatic carbocycles. The van der Waals surface area contributed by atoms with Crippen molar-refractivity contribution in [3.8, 4) is 17.0 Å². The monoisotopic (exact) mass is 392 g/mol. The highest BCUT2D eigenvalue weighted by molar-refractivity contribution is 6.33. The van der Waals surface area contributed by atoms with Crippen molar-refractivity contribution in [2.24, 2.45) is 0 Å². The van der Waals surface area contributed by atoms with Crippen LogP contribution in [0.2, 0.25) is 5.02 Å². The van der Waals surface area contributed by atoms with Crippen molar-refractivity contribution in [2.75, 3.05) is 12.4 Å². The van der Waals surface area contributed by atoms with Gasteiger partial charge in [0.1, 0.15) is 11.6 Å². The molecule has 3 aromatic rings. The number of pyridine rings is 1. The number of aromatic nitrogens is 1. The first-order valence-corrected chi connectivity index (χ1v) is 9.60. The molecule has 1 aliphatic rings. The van der Waals surface area contributed by atoms with E-state index in [-0.39, 0.29) is 5.91 Å². The van der Waals surface area contributed by atoms with Crippen LogP contribution in [0.1, 0.15) is 24.0 Å². The third-order valence-corrected chi connectivity index (χ3v) is 5.62. The molecule has 28 heavy (non-hydrogen) atoms. The average molecular weight is 393 g/mol. The fourth-order valence-corrected chi connectivity index (χ4v) is 3.67. The molecule has 1 amide bonds. The van der Waals surface area contributed by atoms with Crippen molar-refractivity contribution in [1.82, 2.24) is 4.98 Å². The normalized spacial score (nSPS) is 14.4. The Morgan fingerprint density at radius 3 is 2.43 bits per heavy atom. The van der Waals surface area contributed by atoms with Crippen LogP contribution in [-0.2, 0) is 10.2 Å². The van der Waals surface area contributed by atoms with E-state index in [2.05, 4.69) is 10.3 Å². The van der Waals surface area contributed by atoms with Gasteiger partial charge < -0.3 is 10.1 Å². The molecule has 0 unspecified atom stereocenters. The minimum absolute atomic E-state index is 0.0286. The Morgan fingerprint density at radius 2 is 1.79 bits per heavy atom. The molecule has 2 aromatic carbocycles. The number of amides is 1. The van der Waals surface area contributed by atoms with E-state index in [1.54, 1.807) is 7.11 Å². The van der Waals surface area contributed by atoms with Crippen LogP contribution in [0, 0.1) is 6.92 Å². The van der Waals surface area contributed by atoms with E-state index in [1.165, 1.54) is 0 Å². The van der Waals surface area contributed by atoms with Gasteiger partial charge in [0, 0.05) is 10.6 Å². The Labute approximate surface area is 169 Å². The first kappa shape index (κ1) is 18.5. The Hall–Kier alpha value is -2.85. The van der Waals surface area contributed by atoms with Crippen LogP contribution < -0.4 is 10.1 Å². The van der Waals surface area contributed by atoms with Crippen molar-refractivity contribution >= 4 is 23.3 Å². The van der Waals surface area contributed by atoms with Crippen molar-refractivity contribution in [3.63, 3.8) is 0 Å². The summed E-state index contributed by atoms with van der Waals surface area (Å²) >= 11 is 6.34. The molecule has 1 heterocycles. The number of methoxy groups -OCH3 is 1. The number of halogens is 1. The van der Waals surface area contributed by atoms with Crippen LogP contribution in [-0.4, -0.2) is 18.0 Å². The first-order valence-electron chi connectivity index (χ1n) is 9.22. The van der Waals surface area contributed by atoms with E-state index in [0.717, 1.165) is 41.0 Å². The summed E-state index contributed by atoms with van der Waals surface area (Å²) in [6, 6.07) is 19.1. The zero-order chi connectivity index (χ0) is 19.7. The molecule has 1 fully saturated rings. The predicted octanol–water partition coefficient (Wildman–Crippen LogP) is 5.39. The second-order valence-corrected chi connectivity index (χ2v) is 7.51. The number of hydrogen-bond acceptors (Lipinski definition) is 3. The van der Waals surface area contributed by atoms with Crippen LogP contribution in [0.5, 0.6) is 5.75 Å². The van der Waals surface area contributed by atoms with Crippen molar-refractivity contribution in [2.45, 2.75) is 25.2 Å². The number of benzene rings is 2. The topological polar surface area (TPSA) is 51.2 Å². The molecule has 0 radical (unpaired) electrons. The van der Waals surface area contributed by atoms with Gasteiger partial charge in [-0.25, -0.2) is 4.98 Å². The Morgan fingerprint density at radius 1 is 1.07 bits per heavy atom. The summed E-state index contributed by atoms with van der Waals surface area (Å²) in [6.07, 6.45) is 1.66. The Balaban J connectivity index is 1.60. The van der Waals surface area contributed by atoms with Crippen molar-refractivity contribution in [3.05, 3.63) is 76.8 Å². The fourth-order valence-electron chi connectivity index (χ4n) is 3.44. The number of carbonyl (C=O) groups excluding carboxylic acids is 1. The summed E-state index contributed by atoms with van der Waals surface area (Å²) in [5, 5.41) is 3.64. The van der Waals surface area contributed by atoms with Crippen LogP contribution in [0.15, 0.2) is 60.7 Å². The summed E-state index contributed by atoms with van der Waals surface area (Å²) < 4.78 is 5.21. The Kier molecular flexibility index (Phi) is 4.82. The molecule has 1 N–H and O–H groups in total. The maximum atomic E-state index is 13.0. The van der Waals surface area contributed by atoms with Gasteiger partial charge in [-0.05, 0) is 55.2 Å². The predicted molar refractivity (Wildman–Crippen MR) is 112 cm³/mol. The molecule has 4 rings (SSSR count). The average Bonchev–Trinajstić information content (AvgIpc) is 3.52. The van der Waals surface area contributed by atoms with Gasteiger partial charge in [-0.3, -0.25) is 4.79 Å². The van der Waals surface area contributed by atoms with E-state index >= 15 is 0 Å². The maximum absolute atomic E-state index is 13.0. The third kappa shape index (κ3) is 3.36. The molecule has 0 atom stereocenters. The zero-order valence-electron chi connectivity index (χ0n) is 15.8. The third-order valence-electron chi connectivity index (χ3n) is 5.29. The number of nitrogens with one attached hydrogen (secondary N) is 1. The highest BCUT2D eigenvalue weighted by Crippen LogP contribution is 2.49. The molecule has 5 heteroatoms. The molecule has 1 aromatic heterocycles. The van der Waals surface area contributed by atoms with E-state index in [4.69, 9.17) is 16.3 Å². The molecule has 0 spiro atoms. The van der Waals surface area contributed by atoms with Crippen LogP contribution in [0.4, 0.5) is 5.82 Å². The molecule has 0 saturated heterocycles. The SMILES string of the molecule is COc1ccc(C2(C(=O)Nc3ccc(C)c(-c4ccccc4Cl)n3)CC2)cc1. The van der Waals surface area contributed by atoms with Gasteiger partial charge in [0.25, 0.3) is 0 Å². The molecule has 0 aliphatic heterocycles. The standard InChI is InChI=1S/C23H21ClN2O2/c1-15-7-12-20(25-21(15)18-5-3-4-6-19(18)24)26-22(27)23(13-14-23)16-8-10-17(28-2)11-9-16/h3-12H,13-14H2,1-2H3,(H,25,26,27). The summed E-state index contributed by atoms with van der Waals surface area (Å²) in [7, 11) is 1.63. The number of anilines is 1. The number of nitrogens with zero attached hydrogens (tertiary/aromatic N) is 1. The van der Waals surface area contributed by atoms with Crippen molar-refractivity contribution < 1.29 is 9.53 Å². The zero-order valence-corrected chi connectivity index (χ0v) is 16.6. The molecule has 0 bridgehead atoms. The van der Waals surface area contributed by atoms with Gasteiger partial charge in [-0.15, -0.1) is 0 Å². The lowest BCUT2D eigenvalue weighted by atomic mass is 9.95. The lowest BCUT2D eigenvalue weighted by Gasteiger charge is -2.17. The summed E-state index contributed by atoms with van der Waals surface area (Å²) in [6.45, 7) is 1.98. The molecular weight excluding hydrogens is 372 g/mol. The lowest BCUT2D eigenvalue weighted by molar-refractivity contribution is -0.118. The lowest BCUT2D eigenvalue weighted by Crippen LogP contribution is -2.28. The number of rotatable bonds is 5. The van der Waals surface area contributed by atoms with Gasteiger partial charge in [-0.2, -0.15) is 0 Å². The summed E-state index contributed by atoms with van der Waals surface area (Å²) in [5.74, 6) is 1.29. The quantitative estimate of drug-likeness (QED) is 0.633. The van der Waals surface area contributed by atoms with Gasteiger partial charge in [-0.1, -0.05) is 48.0 Å². The van der Waals surface area contributed by atoms with E-state index in [9.17, 15) is 4.79 Å². The van der Waals surface area contributed by atoms with Gasteiger partial charge in [0.05, 0.1) is 18.2 Å². The highest BCUT2D eigenvalue weighted by Gasteiger charge is 2.51. The second kappa shape index (κ2) is 7.28. The second-order valence-electron chi connectivity index (χ2n) is 7.11. The van der Waals surface area contributed by atoms with E-state index in [0.29, 0.717) is 10.8 Å². The van der Waals surface area contributed by atoms with Crippen molar-refractivity contribution in [1.29, 1.82) is 0 Å². The molecule has 1 saturated carbocycles. The Bertz CT molecular complexity index is 1030. The largest absolute Gasteiger partial charge is 0.497 e. The molecular formula is C23H21ClN2O2. The molecule has 142 valence electrons. The maximum Gasteiger partial charge on any atom is 0.236 e. The smallest absolute Gasteiger partial charge is 0.236 e. The number of carbonyl (C=O) groups is 1. The summed E-state index contributed by atoms with van der Waals surface area (Å²) in [5.41, 5.74) is 3.15. The van der Waals surface area contributed by atoms with Gasteiger partial charge >= 0.3 is 0 Å². The van der Waals surface area contributed by atoms with Gasteiger partial charge in [0.15, 0.2) is 0 Å². The highest BCUT2D eigenvalue weighted by atomic mass is 35.5. The van der Waals surface area contributed by atoms with E-state index < -0.39 is 5.41 Å². The van der Waals surface area contributed by atoms with Crippen LogP contribution >= 0.6 is 11.6 Å². The van der Waals surface area contributed by atoms with E-state index in [1.807, 2.05) is 67.6 Å². The van der Waals surface area contributed by atoms with Gasteiger partial charge in [0.2, 0.25) is 5.91 Å².